The third kappa shape index (κ3) is 4.38. The zero-order valence-corrected chi connectivity index (χ0v) is 11.7. The van der Waals surface area contributed by atoms with Gasteiger partial charge in [0.15, 0.2) is 6.10 Å². The summed E-state index contributed by atoms with van der Waals surface area (Å²) >= 11 is 2.92. The van der Waals surface area contributed by atoms with Crippen LogP contribution in [-0.4, -0.2) is 23.7 Å². The Labute approximate surface area is 116 Å². The highest BCUT2D eigenvalue weighted by Crippen LogP contribution is 2.33. The number of carbonyl (C=O) groups excluding carboxylic acids is 1. The van der Waals surface area contributed by atoms with Gasteiger partial charge in [0.05, 0.1) is 16.6 Å². The molecule has 0 bridgehead atoms. The normalized spacial score (nSPS) is 12.9. The van der Waals surface area contributed by atoms with Gasteiger partial charge in [-0.2, -0.15) is 13.2 Å². The largest absolute Gasteiger partial charge is 0.463 e. The highest BCUT2D eigenvalue weighted by Gasteiger charge is 2.32. The lowest BCUT2D eigenvalue weighted by Gasteiger charge is -2.14. The standard InChI is InChI=1S/C11H11BrF3NO3/c1-3-18-10(17)6(2)19-9-8(12)4-7(5-16-9)11(13,14)15/h4-6H,3H2,1-2H3. The number of halogens is 4. The van der Waals surface area contributed by atoms with Crippen molar-refractivity contribution >= 4 is 21.9 Å². The Morgan fingerprint density at radius 1 is 1.53 bits per heavy atom. The van der Waals surface area contributed by atoms with Crippen LogP contribution < -0.4 is 4.74 Å². The molecule has 1 heterocycles. The average molecular weight is 342 g/mol. The van der Waals surface area contributed by atoms with Crippen molar-refractivity contribution in [2.45, 2.75) is 26.1 Å². The SMILES string of the molecule is CCOC(=O)C(C)Oc1ncc(C(F)(F)F)cc1Br. The fourth-order valence-corrected chi connectivity index (χ4v) is 1.58. The summed E-state index contributed by atoms with van der Waals surface area (Å²) in [5.41, 5.74) is -0.907. The number of pyridine rings is 1. The molecule has 1 unspecified atom stereocenters. The number of alkyl halides is 3. The third-order valence-electron chi connectivity index (χ3n) is 2.04. The number of hydrogen-bond donors (Lipinski definition) is 0. The summed E-state index contributed by atoms with van der Waals surface area (Å²) in [5, 5.41) is 0. The number of nitrogens with zero attached hydrogens (tertiary/aromatic N) is 1. The van der Waals surface area contributed by atoms with Gasteiger partial charge >= 0.3 is 12.1 Å². The number of esters is 1. The van der Waals surface area contributed by atoms with E-state index in [4.69, 9.17) is 9.47 Å². The van der Waals surface area contributed by atoms with Crippen LogP contribution in [0.2, 0.25) is 0 Å². The zero-order chi connectivity index (χ0) is 14.6. The number of rotatable bonds is 4. The Hall–Kier alpha value is -1.31. The van der Waals surface area contributed by atoms with Gasteiger partial charge in [-0.25, -0.2) is 9.78 Å². The Kier molecular flexibility index (Phi) is 5.16. The van der Waals surface area contributed by atoms with Crippen molar-refractivity contribution in [2.75, 3.05) is 6.61 Å². The molecule has 0 N–H and O–H groups in total. The van der Waals surface area contributed by atoms with E-state index in [1.165, 1.54) is 6.92 Å². The van der Waals surface area contributed by atoms with Crippen LogP contribution in [0.5, 0.6) is 5.88 Å². The van der Waals surface area contributed by atoms with Crippen molar-refractivity contribution in [3.63, 3.8) is 0 Å². The van der Waals surface area contributed by atoms with Gasteiger partial charge in [0, 0.05) is 6.20 Å². The molecular formula is C11H11BrF3NO3. The Balaban J connectivity index is 2.83. The quantitative estimate of drug-likeness (QED) is 0.789. The third-order valence-corrected chi connectivity index (χ3v) is 2.61. The molecule has 1 rings (SSSR count). The lowest BCUT2D eigenvalue weighted by Crippen LogP contribution is -2.26. The lowest BCUT2D eigenvalue weighted by molar-refractivity contribution is -0.150. The summed E-state index contributed by atoms with van der Waals surface area (Å²) < 4.78 is 47.1. The average Bonchev–Trinajstić information content (AvgIpc) is 2.30. The fraction of sp³-hybridized carbons (Fsp3) is 0.455. The molecule has 0 amide bonds. The van der Waals surface area contributed by atoms with Crippen molar-refractivity contribution in [3.05, 3.63) is 22.3 Å². The second-order valence-corrected chi connectivity index (χ2v) is 4.38. The van der Waals surface area contributed by atoms with E-state index in [-0.39, 0.29) is 17.0 Å². The van der Waals surface area contributed by atoms with Crippen LogP contribution in [0.25, 0.3) is 0 Å². The van der Waals surface area contributed by atoms with Crippen molar-refractivity contribution in [1.29, 1.82) is 0 Å². The van der Waals surface area contributed by atoms with Crippen molar-refractivity contribution < 1.29 is 27.4 Å². The first kappa shape index (κ1) is 15.7. The van der Waals surface area contributed by atoms with Crippen molar-refractivity contribution in [2.24, 2.45) is 0 Å². The predicted molar refractivity (Wildman–Crippen MR) is 63.7 cm³/mol. The maximum absolute atomic E-state index is 12.4. The topological polar surface area (TPSA) is 48.4 Å². The molecule has 0 aliphatic rings. The molecular weight excluding hydrogens is 331 g/mol. The minimum absolute atomic E-state index is 0.0125. The zero-order valence-electron chi connectivity index (χ0n) is 10.1. The van der Waals surface area contributed by atoms with Crippen LogP contribution in [0.1, 0.15) is 19.4 Å². The summed E-state index contributed by atoms with van der Waals surface area (Å²) in [5.74, 6) is -0.718. The molecule has 0 saturated carbocycles. The second-order valence-electron chi connectivity index (χ2n) is 3.52. The molecule has 0 radical (unpaired) electrons. The molecule has 0 fully saturated rings. The molecule has 4 nitrogen and oxygen atoms in total. The molecule has 106 valence electrons. The summed E-state index contributed by atoms with van der Waals surface area (Å²) in [7, 11) is 0. The summed E-state index contributed by atoms with van der Waals surface area (Å²) in [6.45, 7) is 3.24. The highest BCUT2D eigenvalue weighted by molar-refractivity contribution is 9.10. The van der Waals surface area contributed by atoms with E-state index in [9.17, 15) is 18.0 Å². The predicted octanol–water partition coefficient (Wildman–Crippen LogP) is 3.19. The van der Waals surface area contributed by atoms with E-state index in [0.29, 0.717) is 6.20 Å². The van der Waals surface area contributed by atoms with Crippen molar-refractivity contribution in [1.82, 2.24) is 4.98 Å². The van der Waals surface area contributed by atoms with Gasteiger partial charge in [-0.15, -0.1) is 0 Å². The fourth-order valence-electron chi connectivity index (χ4n) is 1.14. The molecule has 0 aromatic carbocycles. The Bertz CT molecular complexity index is 465. The van der Waals surface area contributed by atoms with Gasteiger partial charge in [0.1, 0.15) is 0 Å². The number of hydrogen-bond acceptors (Lipinski definition) is 4. The maximum Gasteiger partial charge on any atom is 0.417 e. The maximum atomic E-state index is 12.4. The van der Waals surface area contributed by atoms with E-state index in [0.717, 1.165) is 6.07 Å². The highest BCUT2D eigenvalue weighted by atomic mass is 79.9. The lowest BCUT2D eigenvalue weighted by atomic mass is 10.3. The van der Waals surface area contributed by atoms with E-state index in [1.807, 2.05) is 0 Å². The molecule has 0 saturated heterocycles. The van der Waals surface area contributed by atoms with Crippen molar-refractivity contribution in [3.8, 4) is 5.88 Å². The van der Waals surface area contributed by atoms with Gasteiger partial charge in [-0.05, 0) is 35.8 Å². The summed E-state index contributed by atoms with van der Waals surface area (Å²) in [4.78, 5) is 14.8. The minimum Gasteiger partial charge on any atom is -0.463 e. The first-order chi connectivity index (χ1) is 8.75. The van der Waals surface area contributed by atoms with Crippen LogP contribution in [0.3, 0.4) is 0 Å². The van der Waals surface area contributed by atoms with Gasteiger partial charge in [0.25, 0.3) is 0 Å². The summed E-state index contributed by atoms with van der Waals surface area (Å²) in [6, 6.07) is 0.834. The number of carbonyl (C=O) groups is 1. The van der Waals surface area contributed by atoms with Crippen LogP contribution in [-0.2, 0) is 15.7 Å². The van der Waals surface area contributed by atoms with Crippen LogP contribution in [0, 0.1) is 0 Å². The molecule has 0 spiro atoms. The molecule has 1 aromatic rings. The van der Waals surface area contributed by atoms with Gasteiger partial charge in [0.2, 0.25) is 5.88 Å². The molecule has 0 aliphatic heterocycles. The first-order valence-corrected chi connectivity index (χ1v) is 6.11. The smallest absolute Gasteiger partial charge is 0.417 e. The van der Waals surface area contributed by atoms with Crippen LogP contribution >= 0.6 is 15.9 Å². The molecule has 0 aliphatic carbocycles. The second kappa shape index (κ2) is 6.23. The number of aromatic nitrogens is 1. The van der Waals surface area contributed by atoms with Crippen LogP contribution in [0.4, 0.5) is 13.2 Å². The molecule has 8 heteroatoms. The van der Waals surface area contributed by atoms with E-state index in [2.05, 4.69) is 20.9 Å². The van der Waals surface area contributed by atoms with Gasteiger partial charge < -0.3 is 9.47 Å². The molecule has 19 heavy (non-hydrogen) atoms. The summed E-state index contributed by atoms with van der Waals surface area (Å²) in [6.07, 6.45) is -4.81. The minimum atomic E-state index is -4.49. The van der Waals surface area contributed by atoms with Gasteiger partial charge in [-0.1, -0.05) is 0 Å². The van der Waals surface area contributed by atoms with E-state index in [1.54, 1.807) is 6.92 Å². The number of ether oxygens (including phenoxy) is 2. The van der Waals surface area contributed by atoms with E-state index >= 15 is 0 Å². The molecule has 1 aromatic heterocycles. The monoisotopic (exact) mass is 341 g/mol. The first-order valence-electron chi connectivity index (χ1n) is 5.31. The van der Waals surface area contributed by atoms with Gasteiger partial charge in [-0.3, -0.25) is 0 Å². The van der Waals surface area contributed by atoms with E-state index < -0.39 is 23.8 Å². The Morgan fingerprint density at radius 2 is 2.16 bits per heavy atom. The Morgan fingerprint density at radius 3 is 2.63 bits per heavy atom. The van der Waals surface area contributed by atoms with Crippen LogP contribution in [0.15, 0.2) is 16.7 Å². The molecule has 1 atom stereocenters.